The van der Waals surface area contributed by atoms with Gasteiger partial charge in [0.25, 0.3) is 0 Å². The second kappa shape index (κ2) is 5.24. The number of hydrogen-bond donors (Lipinski definition) is 0. The number of aliphatic imine (C=N–C) groups is 1. The van der Waals surface area contributed by atoms with E-state index in [4.69, 9.17) is 21.1 Å². The third-order valence-electron chi connectivity index (χ3n) is 3.77. The minimum absolute atomic E-state index is 0.558. The molecule has 0 radical (unpaired) electrons. The van der Waals surface area contributed by atoms with Crippen molar-refractivity contribution in [3.63, 3.8) is 0 Å². The van der Waals surface area contributed by atoms with E-state index in [2.05, 4.69) is 4.99 Å². The molecular formula is C14H16ClNO3. The summed E-state index contributed by atoms with van der Waals surface area (Å²) in [6.45, 7) is 1.86. The summed E-state index contributed by atoms with van der Waals surface area (Å²) < 4.78 is 10.8. The zero-order valence-corrected chi connectivity index (χ0v) is 12.0. The molecule has 0 unspecified atom stereocenters. The molecule has 0 spiro atoms. The highest BCUT2D eigenvalue weighted by atomic mass is 35.5. The van der Waals surface area contributed by atoms with E-state index in [9.17, 15) is 4.79 Å². The number of ether oxygens (including phenoxy) is 2. The highest BCUT2D eigenvalue weighted by molar-refractivity contribution is 6.31. The van der Waals surface area contributed by atoms with Gasteiger partial charge in [-0.15, -0.1) is 0 Å². The largest absolute Gasteiger partial charge is 0.493 e. The maximum Gasteiger partial charge on any atom is 0.235 e. The Kier molecular flexibility index (Phi) is 3.83. The lowest BCUT2D eigenvalue weighted by Gasteiger charge is -2.38. The minimum atomic E-state index is -0.558. The van der Waals surface area contributed by atoms with Gasteiger partial charge in [-0.2, -0.15) is 4.99 Å². The molecule has 1 aliphatic carbocycles. The molecule has 102 valence electrons. The van der Waals surface area contributed by atoms with Crippen LogP contribution in [0.15, 0.2) is 11.1 Å². The molecule has 0 heterocycles. The number of nitrogens with zero attached hydrogens (tertiary/aromatic N) is 1. The maximum absolute atomic E-state index is 10.7. The molecule has 0 N–H and O–H groups in total. The summed E-state index contributed by atoms with van der Waals surface area (Å²) in [5.74, 6) is 1.19. The normalized spacial score (nSPS) is 16.2. The molecule has 0 bridgehead atoms. The van der Waals surface area contributed by atoms with Gasteiger partial charge in [-0.1, -0.05) is 11.6 Å². The zero-order chi connectivity index (χ0) is 14.0. The Morgan fingerprint density at radius 2 is 1.95 bits per heavy atom. The van der Waals surface area contributed by atoms with Crippen molar-refractivity contribution in [2.24, 2.45) is 4.99 Å². The zero-order valence-electron chi connectivity index (χ0n) is 11.2. The number of benzene rings is 1. The van der Waals surface area contributed by atoms with Gasteiger partial charge in [0.1, 0.15) is 5.54 Å². The molecule has 1 aromatic rings. The third kappa shape index (κ3) is 2.11. The van der Waals surface area contributed by atoms with Crippen LogP contribution < -0.4 is 9.47 Å². The molecule has 0 saturated heterocycles. The van der Waals surface area contributed by atoms with E-state index >= 15 is 0 Å². The maximum atomic E-state index is 10.7. The molecule has 1 saturated carbocycles. The first kappa shape index (κ1) is 13.9. The van der Waals surface area contributed by atoms with E-state index in [1.807, 2.05) is 13.0 Å². The van der Waals surface area contributed by atoms with Crippen molar-refractivity contribution < 1.29 is 14.3 Å². The summed E-state index contributed by atoms with van der Waals surface area (Å²) in [6, 6.07) is 1.82. The molecule has 19 heavy (non-hydrogen) atoms. The lowest BCUT2D eigenvalue weighted by molar-refractivity contribution is 0.242. The summed E-state index contributed by atoms with van der Waals surface area (Å²) in [7, 11) is 3.15. The highest BCUT2D eigenvalue weighted by Crippen LogP contribution is 2.52. The smallest absolute Gasteiger partial charge is 0.235 e. The Hall–Kier alpha value is -1.51. The average molecular weight is 282 g/mol. The summed E-state index contributed by atoms with van der Waals surface area (Å²) >= 11 is 6.24. The number of methoxy groups -OCH3 is 2. The standard InChI is InChI=1S/C14H16ClNO3/c1-9-11(15)7-10(13(19-3)12(9)18-2)14(16-8-17)5-4-6-14/h7H,4-6H2,1-3H3. The SMILES string of the molecule is COc1c(C2(N=C=O)CCC2)cc(Cl)c(C)c1OC. The van der Waals surface area contributed by atoms with Crippen LogP contribution in [0.5, 0.6) is 11.5 Å². The first-order chi connectivity index (χ1) is 9.09. The van der Waals surface area contributed by atoms with Gasteiger partial charge in [0.2, 0.25) is 6.08 Å². The van der Waals surface area contributed by atoms with Gasteiger partial charge in [0.15, 0.2) is 11.5 Å². The summed E-state index contributed by atoms with van der Waals surface area (Å²) in [6.07, 6.45) is 4.27. The molecule has 2 rings (SSSR count). The number of carbonyl (C=O) groups excluding carboxylic acids is 1. The average Bonchev–Trinajstić information content (AvgIpc) is 2.36. The first-order valence-corrected chi connectivity index (χ1v) is 6.48. The number of hydrogen-bond acceptors (Lipinski definition) is 4. The lowest BCUT2D eigenvalue weighted by atomic mass is 9.71. The Balaban J connectivity index is 2.69. The van der Waals surface area contributed by atoms with Gasteiger partial charge in [0.05, 0.1) is 14.2 Å². The van der Waals surface area contributed by atoms with E-state index in [1.54, 1.807) is 20.3 Å². The fraction of sp³-hybridized carbons (Fsp3) is 0.500. The van der Waals surface area contributed by atoms with Crippen molar-refractivity contribution in [1.82, 2.24) is 0 Å². The predicted molar refractivity (Wildman–Crippen MR) is 72.9 cm³/mol. The predicted octanol–water partition coefficient (Wildman–Crippen LogP) is 3.38. The van der Waals surface area contributed by atoms with Gasteiger partial charge < -0.3 is 9.47 Å². The van der Waals surface area contributed by atoms with Crippen molar-refractivity contribution in [2.75, 3.05) is 14.2 Å². The monoisotopic (exact) mass is 281 g/mol. The van der Waals surface area contributed by atoms with Crippen LogP contribution in [0.1, 0.15) is 30.4 Å². The Morgan fingerprint density at radius 1 is 1.32 bits per heavy atom. The van der Waals surface area contributed by atoms with Crippen molar-refractivity contribution in [1.29, 1.82) is 0 Å². The van der Waals surface area contributed by atoms with E-state index in [0.717, 1.165) is 30.4 Å². The van der Waals surface area contributed by atoms with Crippen LogP contribution in [0.3, 0.4) is 0 Å². The van der Waals surface area contributed by atoms with Crippen LogP contribution in [0, 0.1) is 6.92 Å². The Bertz CT molecular complexity index is 546. The van der Waals surface area contributed by atoms with E-state index < -0.39 is 5.54 Å². The fourth-order valence-corrected chi connectivity index (χ4v) is 2.73. The van der Waals surface area contributed by atoms with Gasteiger partial charge in [-0.3, -0.25) is 0 Å². The molecule has 5 heteroatoms. The Morgan fingerprint density at radius 3 is 2.37 bits per heavy atom. The molecule has 1 aliphatic rings. The first-order valence-electron chi connectivity index (χ1n) is 6.10. The van der Waals surface area contributed by atoms with E-state index in [-0.39, 0.29) is 0 Å². The van der Waals surface area contributed by atoms with E-state index in [1.165, 1.54) is 0 Å². The van der Waals surface area contributed by atoms with Crippen LogP contribution in [-0.4, -0.2) is 20.3 Å². The molecular weight excluding hydrogens is 266 g/mol. The van der Waals surface area contributed by atoms with Crippen LogP contribution in [0.25, 0.3) is 0 Å². The number of halogens is 1. The molecule has 0 aromatic heterocycles. The highest BCUT2D eigenvalue weighted by Gasteiger charge is 2.42. The van der Waals surface area contributed by atoms with Crippen LogP contribution in [-0.2, 0) is 10.3 Å². The van der Waals surface area contributed by atoms with Crippen molar-refractivity contribution in [3.05, 3.63) is 22.2 Å². The Labute approximate surface area is 117 Å². The number of rotatable bonds is 4. The van der Waals surface area contributed by atoms with Gasteiger partial charge in [-0.05, 0) is 32.3 Å². The summed E-state index contributed by atoms with van der Waals surface area (Å²) in [5.41, 5.74) is 1.06. The fourth-order valence-electron chi connectivity index (χ4n) is 2.54. The van der Waals surface area contributed by atoms with Crippen molar-refractivity contribution in [3.8, 4) is 11.5 Å². The van der Waals surface area contributed by atoms with Crippen molar-refractivity contribution >= 4 is 17.7 Å². The molecule has 0 atom stereocenters. The lowest BCUT2D eigenvalue weighted by Crippen LogP contribution is -2.32. The molecule has 0 aliphatic heterocycles. The summed E-state index contributed by atoms with van der Waals surface area (Å²) in [4.78, 5) is 14.7. The molecule has 1 aromatic carbocycles. The van der Waals surface area contributed by atoms with Gasteiger partial charge >= 0.3 is 0 Å². The topological polar surface area (TPSA) is 47.9 Å². The second-order valence-electron chi connectivity index (χ2n) is 4.69. The van der Waals surface area contributed by atoms with Crippen LogP contribution >= 0.6 is 11.6 Å². The number of isocyanates is 1. The van der Waals surface area contributed by atoms with Crippen LogP contribution in [0.4, 0.5) is 0 Å². The third-order valence-corrected chi connectivity index (χ3v) is 4.16. The summed E-state index contributed by atoms with van der Waals surface area (Å²) in [5, 5.41) is 0.583. The van der Waals surface area contributed by atoms with Gasteiger partial charge in [0, 0.05) is 16.1 Å². The minimum Gasteiger partial charge on any atom is -0.493 e. The molecule has 4 nitrogen and oxygen atoms in total. The van der Waals surface area contributed by atoms with Crippen molar-refractivity contribution in [2.45, 2.75) is 31.7 Å². The van der Waals surface area contributed by atoms with Gasteiger partial charge in [-0.25, -0.2) is 4.79 Å². The quantitative estimate of drug-likeness (QED) is 0.628. The second-order valence-corrected chi connectivity index (χ2v) is 5.09. The molecule has 0 amide bonds. The van der Waals surface area contributed by atoms with E-state index in [0.29, 0.717) is 16.5 Å². The molecule has 1 fully saturated rings. The van der Waals surface area contributed by atoms with Crippen LogP contribution in [0.2, 0.25) is 5.02 Å².